The highest BCUT2D eigenvalue weighted by molar-refractivity contribution is 6.00. The summed E-state index contributed by atoms with van der Waals surface area (Å²) in [4.78, 5) is 123. The molecule has 1 aromatic heterocycles. The molecule has 5 N–H and O–H groups in total. The number of carbonyl (C=O) groups excluding carboxylic acids is 8. The van der Waals surface area contributed by atoms with Crippen LogP contribution in [0, 0.1) is 5.92 Å². The number of aromatic nitrogens is 2. The van der Waals surface area contributed by atoms with Crippen molar-refractivity contribution in [3.63, 3.8) is 0 Å². The lowest BCUT2D eigenvalue weighted by atomic mass is 9.97. The van der Waals surface area contributed by atoms with Crippen molar-refractivity contribution in [1.82, 2.24) is 34.9 Å². The Morgan fingerprint density at radius 2 is 1.49 bits per heavy atom. The van der Waals surface area contributed by atoms with E-state index in [2.05, 4.69) is 16.0 Å². The Bertz CT molecular complexity index is 2670. The van der Waals surface area contributed by atoms with Crippen LogP contribution in [0.25, 0.3) is 11.0 Å². The number of carbonyl (C=O) groups is 8. The molecule has 0 radical (unpaired) electrons. The molecule has 18 heteroatoms. The number of amides is 7. The molecular formula is C54H68N8O10. The smallest absolute Gasteiger partial charge is 0.329 e. The first kappa shape index (κ1) is 52.7. The van der Waals surface area contributed by atoms with Gasteiger partial charge in [0, 0.05) is 45.4 Å². The first-order chi connectivity index (χ1) is 34.4. The Morgan fingerprint density at radius 3 is 2.14 bits per heavy atom. The zero-order valence-corrected chi connectivity index (χ0v) is 41.7. The molecule has 0 spiro atoms. The molecule has 7 amide bonds. The number of aryl methyl sites for hydroxylation is 2. The Labute approximate surface area is 419 Å². The average molecular weight is 989 g/mol. The highest BCUT2D eigenvalue weighted by atomic mass is 16.6. The van der Waals surface area contributed by atoms with Crippen LogP contribution in [0.1, 0.15) is 133 Å². The second-order valence-electron chi connectivity index (χ2n) is 20.4. The fourth-order valence-corrected chi connectivity index (χ4v) is 10.3. The summed E-state index contributed by atoms with van der Waals surface area (Å²) in [5, 5.41) is 8.27. The average Bonchev–Trinajstić information content (AvgIpc) is 3.87. The quantitative estimate of drug-likeness (QED) is 0.0586. The van der Waals surface area contributed by atoms with Crippen molar-refractivity contribution in [2.45, 2.75) is 146 Å². The molecule has 384 valence electrons. The van der Waals surface area contributed by atoms with Gasteiger partial charge in [0.15, 0.2) is 0 Å². The van der Waals surface area contributed by atoms with Crippen molar-refractivity contribution < 1.29 is 43.1 Å². The van der Waals surface area contributed by atoms with E-state index in [-0.39, 0.29) is 69.0 Å². The van der Waals surface area contributed by atoms with Gasteiger partial charge in [-0.25, -0.2) is 4.79 Å². The minimum absolute atomic E-state index is 0.0374. The number of nitrogens with zero attached hydrogens (tertiary/aromatic N) is 4. The number of hydrogen-bond acceptors (Lipinski definition) is 10. The van der Waals surface area contributed by atoms with Crippen molar-refractivity contribution in [3.05, 3.63) is 106 Å². The van der Waals surface area contributed by atoms with E-state index in [0.29, 0.717) is 43.3 Å². The van der Waals surface area contributed by atoms with Crippen molar-refractivity contribution in [2.75, 3.05) is 13.1 Å². The van der Waals surface area contributed by atoms with E-state index in [1.165, 1.54) is 14.0 Å². The number of benzene rings is 3. The number of ether oxygens (including phenoxy) is 1. The fourth-order valence-electron chi connectivity index (χ4n) is 10.3. The highest BCUT2D eigenvalue weighted by Gasteiger charge is 2.46. The van der Waals surface area contributed by atoms with Crippen molar-refractivity contribution in [3.8, 4) is 0 Å². The van der Waals surface area contributed by atoms with Crippen LogP contribution in [-0.4, -0.2) is 103 Å². The molecule has 1 unspecified atom stereocenters. The van der Waals surface area contributed by atoms with Gasteiger partial charge in [0.2, 0.25) is 41.4 Å². The molecule has 3 fully saturated rings. The minimum atomic E-state index is -1.17. The summed E-state index contributed by atoms with van der Waals surface area (Å²) in [5.74, 6) is -4.76. The van der Waals surface area contributed by atoms with Gasteiger partial charge in [0.25, 0.3) is 0 Å². The lowest BCUT2D eigenvalue weighted by molar-refractivity contribution is -0.161. The third kappa shape index (κ3) is 13.0. The minimum Gasteiger partial charge on any atom is -0.460 e. The van der Waals surface area contributed by atoms with Crippen LogP contribution in [0.2, 0.25) is 0 Å². The van der Waals surface area contributed by atoms with Crippen LogP contribution in [0.5, 0.6) is 0 Å². The number of piperidine rings is 1. The van der Waals surface area contributed by atoms with E-state index >= 15 is 0 Å². The van der Waals surface area contributed by atoms with Crippen LogP contribution in [0.4, 0.5) is 0 Å². The second-order valence-corrected chi connectivity index (χ2v) is 20.4. The molecule has 0 saturated carbocycles. The van der Waals surface area contributed by atoms with Crippen LogP contribution in [-0.2, 0) is 56.6 Å². The lowest BCUT2D eigenvalue weighted by Gasteiger charge is -2.39. The summed E-state index contributed by atoms with van der Waals surface area (Å²) in [7, 11) is 1.66. The van der Waals surface area contributed by atoms with Gasteiger partial charge in [-0.15, -0.1) is 0 Å². The molecule has 0 bridgehead atoms. The topological polar surface area (TPSA) is 241 Å². The van der Waals surface area contributed by atoms with E-state index in [1.54, 1.807) is 32.7 Å². The van der Waals surface area contributed by atoms with Gasteiger partial charge in [0.1, 0.15) is 23.7 Å². The number of hydrogen-bond donors (Lipinski definition) is 4. The maximum atomic E-state index is 14.7. The second kappa shape index (κ2) is 23.4. The normalized spacial score (nSPS) is 19.8. The van der Waals surface area contributed by atoms with Gasteiger partial charge in [-0.1, -0.05) is 79.6 Å². The number of imide groups is 1. The fraction of sp³-hybridized carbons (Fsp3) is 0.500. The number of fused-ring (bicyclic) bond motifs is 2. The highest BCUT2D eigenvalue weighted by Crippen LogP contribution is 2.33. The van der Waals surface area contributed by atoms with Gasteiger partial charge in [-0.2, -0.15) is 0 Å². The van der Waals surface area contributed by atoms with Crippen LogP contribution >= 0.6 is 0 Å². The van der Waals surface area contributed by atoms with E-state index in [1.807, 2.05) is 78.9 Å². The van der Waals surface area contributed by atoms with Crippen molar-refractivity contribution in [1.29, 1.82) is 0 Å². The molecule has 3 saturated heterocycles. The molecule has 4 aromatic rings. The summed E-state index contributed by atoms with van der Waals surface area (Å²) < 4.78 is 8.63. The standard InChI is InChI=1S/C54H68N8O10/c1-54(2,3)72-47(66)32-37-33-60(46(65)20-14-6-5-9-15-34-21-24-40-43(31-34)62(53(71)59(40)4)42-26-28-45(64)57-51(42)69)30-29-38-22-25-41(61(38)52(37)70)50(68)56-39(23-27-44(55)63)49(67)58-48(35-16-10-7-11-17-35)36-18-12-8-13-19-36/h7-8,10-13,16-19,21,24,31,37-39,41-42,48H,5-6,9,14-15,20,22-23,25-30,32-33H2,1-4H3,(H2,55,63)(H,56,68)(H,58,67)(H,57,64,69)/t37-,38+,39-,41-,42?/m0/s1. The zero-order valence-electron chi connectivity index (χ0n) is 41.7. The van der Waals surface area contributed by atoms with E-state index < -0.39 is 77.2 Å². The summed E-state index contributed by atoms with van der Waals surface area (Å²) in [6.07, 6.45) is 4.96. The first-order valence-electron chi connectivity index (χ1n) is 25.2. The van der Waals surface area contributed by atoms with Crippen LogP contribution in [0.15, 0.2) is 83.7 Å². The Kier molecular flexibility index (Phi) is 17.1. The number of primary amides is 1. The van der Waals surface area contributed by atoms with Gasteiger partial charge < -0.3 is 30.9 Å². The van der Waals surface area contributed by atoms with Crippen LogP contribution < -0.4 is 27.4 Å². The predicted octanol–water partition coefficient (Wildman–Crippen LogP) is 4.41. The third-order valence-corrected chi connectivity index (χ3v) is 13.9. The van der Waals surface area contributed by atoms with Gasteiger partial charge >= 0.3 is 11.7 Å². The molecule has 0 aliphatic carbocycles. The molecule has 72 heavy (non-hydrogen) atoms. The van der Waals surface area contributed by atoms with Crippen molar-refractivity contribution in [2.24, 2.45) is 18.7 Å². The van der Waals surface area contributed by atoms with E-state index in [9.17, 15) is 43.2 Å². The largest absolute Gasteiger partial charge is 0.460 e. The number of nitrogens with one attached hydrogen (secondary N) is 3. The zero-order chi connectivity index (χ0) is 51.7. The SMILES string of the molecule is Cn1c(=O)n(C2CCC(=O)NC2=O)c2cc(CCCCCCC(=O)N3CC[C@H]4CC[C@@H](C(=O)N[C@@H](CCC(N)=O)C(=O)NC(c5ccccc5)c5ccccc5)N4C(=O)[C@@H](CC(=O)OC(C)(C)C)C3)ccc21. The van der Waals surface area contributed by atoms with E-state index in [0.717, 1.165) is 36.0 Å². The Hall–Kier alpha value is -7.11. The third-order valence-electron chi connectivity index (χ3n) is 13.9. The van der Waals surface area contributed by atoms with Crippen molar-refractivity contribution >= 4 is 58.4 Å². The molecule has 3 aliphatic heterocycles. The predicted molar refractivity (Wildman–Crippen MR) is 267 cm³/mol. The Balaban J connectivity index is 0.983. The van der Waals surface area contributed by atoms with Gasteiger partial charge in [0.05, 0.1) is 29.4 Å². The molecular weight excluding hydrogens is 921 g/mol. The van der Waals surface area contributed by atoms with Gasteiger partial charge in [-0.3, -0.25) is 52.8 Å². The summed E-state index contributed by atoms with van der Waals surface area (Å²) in [5.41, 5.74) is 8.32. The molecule has 18 nitrogen and oxygen atoms in total. The first-order valence-corrected chi connectivity index (χ1v) is 25.2. The number of nitrogens with two attached hydrogens (primary N) is 1. The maximum Gasteiger partial charge on any atom is 0.329 e. The monoisotopic (exact) mass is 989 g/mol. The number of unbranched alkanes of at least 4 members (excludes halogenated alkanes) is 3. The summed E-state index contributed by atoms with van der Waals surface area (Å²) in [6.45, 7) is 5.46. The molecule has 4 heterocycles. The number of imidazole rings is 1. The maximum absolute atomic E-state index is 14.7. The Morgan fingerprint density at radius 1 is 0.806 bits per heavy atom. The number of esters is 1. The van der Waals surface area contributed by atoms with Crippen LogP contribution in [0.3, 0.4) is 0 Å². The summed E-state index contributed by atoms with van der Waals surface area (Å²) in [6, 6.07) is 20.6. The molecule has 5 atom stereocenters. The van der Waals surface area contributed by atoms with E-state index in [4.69, 9.17) is 10.5 Å². The van der Waals surface area contributed by atoms with Gasteiger partial charge in [-0.05, 0) is 101 Å². The number of rotatable bonds is 19. The summed E-state index contributed by atoms with van der Waals surface area (Å²) >= 11 is 0. The lowest BCUT2D eigenvalue weighted by Crippen LogP contribution is -2.57. The molecule has 3 aliphatic rings. The molecule has 3 aromatic carbocycles. The molecule has 7 rings (SSSR count).